The Kier molecular flexibility index (Phi) is 4.75. The molecule has 2 aromatic carbocycles. The van der Waals surface area contributed by atoms with E-state index in [1.165, 1.54) is 7.11 Å². The van der Waals surface area contributed by atoms with E-state index in [2.05, 4.69) is 4.98 Å². The number of methoxy groups -OCH3 is 3. The molecule has 0 unspecified atom stereocenters. The number of hydrogen-bond donors (Lipinski definition) is 1. The van der Waals surface area contributed by atoms with Gasteiger partial charge in [0, 0.05) is 11.6 Å². The molecule has 0 bridgehead atoms. The van der Waals surface area contributed by atoms with E-state index in [-0.39, 0.29) is 5.75 Å². The zero-order valence-electron chi connectivity index (χ0n) is 14.3. The van der Waals surface area contributed by atoms with Crippen molar-refractivity contribution in [1.82, 2.24) is 4.98 Å². The Morgan fingerprint density at radius 1 is 0.840 bits per heavy atom. The molecule has 0 atom stereocenters. The van der Waals surface area contributed by atoms with E-state index in [4.69, 9.17) is 14.2 Å². The highest BCUT2D eigenvalue weighted by Crippen LogP contribution is 2.33. The zero-order chi connectivity index (χ0) is 17.8. The van der Waals surface area contributed by atoms with Crippen LogP contribution in [0.15, 0.2) is 42.6 Å². The van der Waals surface area contributed by atoms with E-state index in [0.717, 1.165) is 22.0 Å². The lowest BCUT2D eigenvalue weighted by atomic mass is 10.1. The maximum atomic E-state index is 9.88. The first kappa shape index (κ1) is 16.6. The van der Waals surface area contributed by atoms with Crippen LogP contribution < -0.4 is 14.2 Å². The van der Waals surface area contributed by atoms with Gasteiger partial charge in [-0.2, -0.15) is 0 Å². The predicted octanol–water partition coefficient (Wildman–Crippen LogP) is 4.14. The minimum atomic E-state index is 0.0990. The van der Waals surface area contributed by atoms with Gasteiger partial charge in [0.05, 0.1) is 27.0 Å². The monoisotopic (exact) mass is 337 g/mol. The van der Waals surface area contributed by atoms with Crippen LogP contribution in [0, 0.1) is 0 Å². The number of pyridine rings is 1. The summed E-state index contributed by atoms with van der Waals surface area (Å²) in [6.45, 7) is 0. The molecule has 0 radical (unpaired) electrons. The molecule has 1 heterocycles. The Morgan fingerprint density at radius 2 is 1.56 bits per heavy atom. The SMILES string of the molecule is COc1ccc(/C=C/c2nccc3cc(OC)c(OC)cc23)cc1O. The average molecular weight is 337 g/mol. The molecule has 3 rings (SSSR count). The molecule has 5 nitrogen and oxygen atoms in total. The Bertz CT molecular complexity index is 934. The minimum absolute atomic E-state index is 0.0990. The van der Waals surface area contributed by atoms with Crippen LogP contribution in [-0.4, -0.2) is 31.4 Å². The Labute approximate surface area is 146 Å². The van der Waals surface area contributed by atoms with Crippen molar-refractivity contribution < 1.29 is 19.3 Å². The molecule has 0 aliphatic heterocycles. The normalized spacial score (nSPS) is 11.0. The summed E-state index contributed by atoms with van der Waals surface area (Å²) in [5.41, 5.74) is 1.64. The van der Waals surface area contributed by atoms with Crippen LogP contribution in [0.4, 0.5) is 0 Å². The molecule has 1 aromatic heterocycles. The number of hydrogen-bond acceptors (Lipinski definition) is 5. The number of fused-ring (bicyclic) bond motifs is 1. The van der Waals surface area contributed by atoms with Crippen LogP contribution in [0.1, 0.15) is 11.3 Å². The van der Waals surface area contributed by atoms with Gasteiger partial charge in [0.25, 0.3) is 0 Å². The summed E-state index contributed by atoms with van der Waals surface area (Å²) in [6.07, 6.45) is 5.53. The maximum absolute atomic E-state index is 9.88. The topological polar surface area (TPSA) is 60.8 Å². The summed E-state index contributed by atoms with van der Waals surface area (Å²) in [5, 5.41) is 11.8. The highest BCUT2D eigenvalue weighted by Gasteiger charge is 2.08. The summed E-state index contributed by atoms with van der Waals surface area (Å²) in [4.78, 5) is 4.44. The third-order valence-electron chi connectivity index (χ3n) is 3.94. The average Bonchev–Trinajstić information content (AvgIpc) is 2.65. The lowest BCUT2D eigenvalue weighted by Crippen LogP contribution is -1.92. The molecule has 25 heavy (non-hydrogen) atoms. The highest BCUT2D eigenvalue weighted by atomic mass is 16.5. The lowest BCUT2D eigenvalue weighted by Gasteiger charge is -2.10. The summed E-state index contributed by atoms with van der Waals surface area (Å²) in [6, 6.07) is 11.0. The second-order valence-electron chi connectivity index (χ2n) is 5.39. The third-order valence-corrected chi connectivity index (χ3v) is 3.94. The van der Waals surface area contributed by atoms with Gasteiger partial charge in [-0.05, 0) is 47.4 Å². The number of nitrogens with zero attached hydrogens (tertiary/aromatic N) is 1. The first-order valence-corrected chi connectivity index (χ1v) is 7.72. The fourth-order valence-electron chi connectivity index (χ4n) is 2.64. The van der Waals surface area contributed by atoms with E-state index in [1.54, 1.807) is 32.5 Å². The fraction of sp³-hybridized carbons (Fsp3) is 0.150. The number of rotatable bonds is 5. The molecule has 0 fully saturated rings. The van der Waals surface area contributed by atoms with Crippen LogP contribution in [0.25, 0.3) is 22.9 Å². The van der Waals surface area contributed by atoms with Crippen LogP contribution in [-0.2, 0) is 0 Å². The van der Waals surface area contributed by atoms with Gasteiger partial charge in [0.2, 0.25) is 0 Å². The van der Waals surface area contributed by atoms with Gasteiger partial charge in [0.1, 0.15) is 0 Å². The molecule has 0 saturated carbocycles. The van der Waals surface area contributed by atoms with Crippen molar-refractivity contribution in [2.24, 2.45) is 0 Å². The van der Waals surface area contributed by atoms with E-state index in [1.807, 2.05) is 36.4 Å². The molecule has 3 aromatic rings. The maximum Gasteiger partial charge on any atom is 0.161 e. The molecule has 0 aliphatic carbocycles. The van der Waals surface area contributed by atoms with Crippen LogP contribution in [0.3, 0.4) is 0 Å². The molecule has 1 N–H and O–H groups in total. The number of aromatic nitrogens is 1. The lowest BCUT2D eigenvalue weighted by molar-refractivity contribution is 0.356. The molecule has 128 valence electrons. The summed E-state index contributed by atoms with van der Waals surface area (Å²) in [7, 11) is 4.74. The van der Waals surface area contributed by atoms with E-state index in [0.29, 0.717) is 17.2 Å². The van der Waals surface area contributed by atoms with Gasteiger partial charge < -0.3 is 19.3 Å². The second kappa shape index (κ2) is 7.13. The van der Waals surface area contributed by atoms with Crippen molar-refractivity contribution >= 4 is 22.9 Å². The zero-order valence-corrected chi connectivity index (χ0v) is 14.3. The molecule has 0 aliphatic rings. The summed E-state index contributed by atoms with van der Waals surface area (Å²) < 4.78 is 15.8. The number of phenolic OH excluding ortho intramolecular Hbond substituents is 1. The fourth-order valence-corrected chi connectivity index (χ4v) is 2.64. The van der Waals surface area contributed by atoms with E-state index < -0.39 is 0 Å². The second-order valence-corrected chi connectivity index (χ2v) is 5.39. The summed E-state index contributed by atoms with van der Waals surface area (Å²) in [5.74, 6) is 1.87. The van der Waals surface area contributed by atoms with E-state index in [9.17, 15) is 5.11 Å². The van der Waals surface area contributed by atoms with Crippen molar-refractivity contribution in [2.75, 3.05) is 21.3 Å². The highest BCUT2D eigenvalue weighted by molar-refractivity contribution is 5.93. The van der Waals surface area contributed by atoms with Crippen LogP contribution in [0.2, 0.25) is 0 Å². The van der Waals surface area contributed by atoms with Crippen molar-refractivity contribution in [3.63, 3.8) is 0 Å². The van der Waals surface area contributed by atoms with E-state index >= 15 is 0 Å². The molecule has 0 saturated heterocycles. The quantitative estimate of drug-likeness (QED) is 0.758. The molecule has 0 spiro atoms. The predicted molar refractivity (Wildman–Crippen MR) is 98.4 cm³/mol. The Balaban J connectivity index is 2.02. The Hall–Kier alpha value is -3.21. The number of ether oxygens (including phenoxy) is 3. The smallest absolute Gasteiger partial charge is 0.161 e. The standard InChI is InChI=1S/C20H19NO4/c1-23-18-7-5-13(10-17(18)22)4-6-16-15-12-20(25-3)19(24-2)11-14(15)8-9-21-16/h4-12,22H,1-3H3/b6-4+. The third kappa shape index (κ3) is 3.35. The molecule has 5 heteroatoms. The Morgan fingerprint density at radius 3 is 2.24 bits per heavy atom. The van der Waals surface area contributed by atoms with Crippen molar-refractivity contribution in [1.29, 1.82) is 0 Å². The van der Waals surface area contributed by atoms with Gasteiger partial charge in [-0.15, -0.1) is 0 Å². The minimum Gasteiger partial charge on any atom is -0.504 e. The van der Waals surface area contributed by atoms with Gasteiger partial charge in [0.15, 0.2) is 23.0 Å². The van der Waals surface area contributed by atoms with Gasteiger partial charge >= 0.3 is 0 Å². The van der Waals surface area contributed by atoms with Gasteiger partial charge in [-0.25, -0.2) is 0 Å². The van der Waals surface area contributed by atoms with Gasteiger partial charge in [-0.1, -0.05) is 12.1 Å². The van der Waals surface area contributed by atoms with Crippen molar-refractivity contribution in [3.05, 3.63) is 53.9 Å². The molecule has 0 amide bonds. The molecular weight excluding hydrogens is 318 g/mol. The van der Waals surface area contributed by atoms with Gasteiger partial charge in [-0.3, -0.25) is 4.98 Å². The number of phenols is 1. The van der Waals surface area contributed by atoms with Crippen molar-refractivity contribution in [3.8, 4) is 23.0 Å². The van der Waals surface area contributed by atoms with Crippen molar-refractivity contribution in [2.45, 2.75) is 0 Å². The summed E-state index contributed by atoms with van der Waals surface area (Å²) >= 11 is 0. The number of benzene rings is 2. The first-order chi connectivity index (χ1) is 12.2. The van der Waals surface area contributed by atoms with Crippen LogP contribution in [0.5, 0.6) is 23.0 Å². The van der Waals surface area contributed by atoms with Crippen LogP contribution >= 0.6 is 0 Å². The number of aromatic hydroxyl groups is 1. The molecular formula is C20H19NO4. The first-order valence-electron chi connectivity index (χ1n) is 7.72. The largest absolute Gasteiger partial charge is 0.504 e.